The van der Waals surface area contributed by atoms with Gasteiger partial charge in [0.15, 0.2) is 0 Å². The number of amides is 1. The summed E-state index contributed by atoms with van der Waals surface area (Å²) >= 11 is 0. The van der Waals surface area contributed by atoms with E-state index in [1.165, 1.54) is 19.1 Å². The summed E-state index contributed by atoms with van der Waals surface area (Å²) in [5.41, 5.74) is 1.64. The smallest absolute Gasteiger partial charge is 0.340 e. The number of rotatable bonds is 7. The van der Waals surface area contributed by atoms with Gasteiger partial charge < -0.3 is 23.8 Å². The number of nitrogens with zero attached hydrogens (tertiary/aromatic N) is 1. The van der Waals surface area contributed by atoms with Crippen molar-refractivity contribution < 1.29 is 28.5 Å². The molecule has 1 aromatic rings. The summed E-state index contributed by atoms with van der Waals surface area (Å²) in [4.78, 5) is 26.7. The summed E-state index contributed by atoms with van der Waals surface area (Å²) in [5, 5.41) is 0. The van der Waals surface area contributed by atoms with Crippen molar-refractivity contribution in [3.8, 4) is 11.5 Å². The Morgan fingerprint density at radius 1 is 1.15 bits per heavy atom. The van der Waals surface area contributed by atoms with Crippen molar-refractivity contribution in [2.45, 2.75) is 6.92 Å². The van der Waals surface area contributed by atoms with Gasteiger partial charge in [-0.1, -0.05) is 0 Å². The van der Waals surface area contributed by atoms with Crippen LogP contribution in [-0.4, -0.2) is 58.4 Å². The molecule has 0 radical (unpaired) electrons. The molecule has 140 valence electrons. The molecule has 1 aliphatic heterocycles. The van der Waals surface area contributed by atoms with Crippen LogP contribution in [0.4, 0.5) is 0 Å². The van der Waals surface area contributed by atoms with Gasteiger partial charge in [0.2, 0.25) is 0 Å². The second kappa shape index (κ2) is 8.53. The molecule has 7 nitrogen and oxygen atoms in total. The van der Waals surface area contributed by atoms with E-state index < -0.39 is 5.97 Å². The molecule has 0 unspecified atom stereocenters. The van der Waals surface area contributed by atoms with Gasteiger partial charge in [0.25, 0.3) is 5.91 Å². The van der Waals surface area contributed by atoms with Crippen molar-refractivity contribution in [2.75, 3.05) is 41.6 Å². The average Bonchev–Trinajstić information content (AvgIpc) is 2.89. The third kappa shape index (κ3) is 3.72. The second-order valence-electron chi connectivity index (χ2n) is 5.57. The average molecular weight is 361 g/mol. The van der Waals surface area contributed by atoms with Gasteiger partial charge in [0, 0.05) is 24.9 Å². The summed E-state index contributed by atoms with van der Waals surface area (Å²) in [5.74, 6) is 0.316. The van der Waals surface area contributed by atoms with E-state index in [4.69, 9.17) is 18.9 Å². The zero-order chi connectivity index (χ0) is 19.3. The van der Waals surface area contributed by atoms with E-state index in [1.807, 2.05) is 0 Å². The summed E-state index contributed by atoms with van der Waals surface area (Å²) in [7, 11) is 5.93. The predicted molar refractivity (Wildman–Crippen MR) is 95.8 cm³/mol. The Hall–Kier alpha value is -2.80. The number of methoxy groups -OCH3 is 4. The number of ether oxygens (including phenoxy) is 4. The van der Waals surface area contributed by atoms with Crippen molar-refractivity contribution >= 4 is 18.0 Å². The highest BCUT2D eigenvalue weighted by atomic mass is 16.5. The summed E-state index contributed by atoms with van der Waals surface area (Å²) in [6, 6.07) is 5.23. The van der Waals surface area contributed by atoms with E-state index in [0.717, 1.165) is 0 Å². The lowest BCUT2D eigenvalue weighted by Crippen LogP contribution is -2.28. The third-order valence-electron chi connectivity index (χ3n) is 4.16. The predicted octanol–water partition coefficient (Wildman–Crippen LogP) is 2.02. The number of hydrogen-bond donors (Lipinski definition) is 0. The first-order valence-corrected chi connectivity index (χ1v) is 8.02. The first-order chi connectivity index (χ1) is 12.5. The largest absolute Gasteiger partial charge is 0.497 e. The molecular weight excluding hydrogens is 338 g/mol. The lowest BCUT2D eigenvalue weighted by atomic mass is 10.0. The van der Waals surface area contributed by atoms with Crippen LogP contribution >= 0.6 is 0 Å². The molecule has 1 amide bonds. The molecule has 0 N–H and O–H groups in total. The van der Waals surface area contributed by atoms with Gasteiger partial charge in [-0.05, 0) is 31.2 Å². The fourth-order valence-electron chi connectivity index (χ4n) is 2.79. The number of carbonyl (C=O) groups is 2. The van der Waals surface area contributed by atoms with Gasteiger partial charge in [0.05, 0.1) is 39.1 Å². The zero-order valence-corrected chi connectivity index (χ0v) is 15.6. The number of benzene rings is 1. The lowest BCUT2D eigenvalue weighted by Gasteiger charge is -2.16. The molecule has 0 spiro atoms. The Labute approximate surface area is 152 Å². The van der Waals surface area contributed by atoms with Crippen molar-refractivity contribution in [3.63, 3.8) is 0 Å². The molecule has 1 aromatic carbocycles. The van der Waals surface area contributed by atoms with E-state index in [9.17, 15) is 9.59 Å². The topological polar surface area (TPSA) is 74.3 Å². The van der Waals surface area contributed by atoms with E-state index in [1.54, 1.807) is 45.4 Å². The van der Waals surface area contributed by atoms with Crippen LogP contribution in [0.15, 0.2) is 35.0 Å². The fourth-order valence-corrected chi connectivity index (χ4v) is 2.79. The number of esters is 1. The van der Waals surface area contributed by atoms with Crippen molar-refractivity contribution in [1.82, 2.24) is 4.90 Å². The molecule has 0 aromatic heterocycles. The van der Waals surface area contributed by atoms with Crippen LogP contribution in [-0.2, 0) is 19.1 Å². The number of allylic oxidation sites excluding steroid dienone is 1. The maximum Gasteiger partial charge on any atom is 0.340 e. The van der Waals surface area contributed by atoms with Crippen molar-refractivity contribution in [3.05, 3.63) is 40.6 Å². The van der Waals surface area contributed by atoms with Gasteiger partial charge >= 0.3 is 5.97 Å². The summed E-state index contributed by atoms with van der Waals surface area (Å²) in [6.45, 7) is 2.41. The standard InChI is InChI=1S/C19H23NO6/c1-12-17(19(22)26-5)15(18(21)20(12)8-9-23-2)11-13-10-14(24-3)6-7-16(13)25-4/h6-7,10-11H,8-9H2,1-5H3. The maximum absolute atomic E-state index is 12.9. The van der Waals surface area contributed by atoms with Gasteiger partial charge in [-0.25, -0.2) is 4.79 Å². The molecule has 0 aliphatic carbocycles. The molecule has 0 fully saturated rings. The normalized spacial score (nSPS) is 15.7. The Morgan fingerprint density at radius 3 is 2.46 bits per heavy atom. The van der Waals surface area contributed by atoms with Crippen LogP contribution in [0.25, 0.3) is 6.08 Å². The molecular formula is C19H23NO6. The van der Waals surface area contributed by atoms with E-state index in [-0.39, 0.29) is 17.1 Å². The minimum absolute atomic E-state index is 0.235. The Bertz CT molecular complexity index is 765. The Balaban J connectivity index is 2.57. The van der Waals surface area contributed by atoms with E-state index in [2.05, 4.69) is 0 Å². The minimum atomic E-state index is -0.566. The second-order valence-corrected chi connectivity index (χ2v) is 5.57. The highest BCUT2D eigenvalue weighted by Gasteiger charge is 2.36. The fraction of sp³-hybridized carbons (Fsp3) is 0.368. The van der Waals surface area contributed by atoms with E-state index in [0.29, 0.717) is 35.9 Å². The number of carbonyl (C=O) groups excluding carboxylic acids is 2. The van der Waals surface area contributed by atoms with Gasteiger partial charge in [-0.3, -0.25) is 4.79 Å². The minimum Gasteiger partial charge on any atom is -0.497 e. The van der Waals surface area contributed by atoms with Gasteiger partial charge in [-0.15, -0.1) is 0 Å². The number of hydrogen-bond acceptors (Lipinski definition) is 6. The van der Waals surface area contributed by atoms with Crippen LogP contribution < -0.4 is 9.47 Å². The maximum atomic E-state index is 12.9. The van der Waals surface area contributed by atoms with Gasteiger partial charge in [0.1, 0.15) is 11.5 Å². The monoisotopic (exact) mass is 361 g/mol. The van der Waals surface area contributed by atoms with Crippen LogP contribution in [0.1, 0.15) is 12.5 Å². The van der Waals surface area contributed by atoms with Crippen LogP contribution in [0.2, 0.25) is 0 Å². The van der Waals surface area contributed by atoms with Crippen molar-refractivity contribution in [1.29, 1.82) is 0 Å². The van der Waals surface area contributed by atoms with E-state index >= 15 is 0 Å². The van der Waals surface area contributed by atoms with Crippen molar-refractivity contribution in [2.24, 2.45) is 0 Å². The third-order valence-corrected chi connectivity index (χ3v) is 4.16. The molecule has 0 saturated heterocycles. The summed E-state index contributed by atoms with van der Waals surface area (Å²) < 4.78 is 20.5. The highest BCUT2D eigenvalue weighted by Crippen LogP contribution is 2.34. The quantitative estimate of drug-likeness (QED) is 0.546. The lowest BCUT2D eigenvalue weighted by molar-refractivity contribution is -0.136. The van der Waals surface area contributed by atoms with Crippen LogP contribution in [0.5, 0.6) is 11.5 Å². The first kappa shape index (κ1) is 19.5. The van der Waals surface area contributed by atoms with Crippen LogP contribution in [0, 0.1) is 0 Å². The molecule has 0 atom stereocenters. The Kier molecular flexibility index (Phi) is 6.41. The molecule has 2 rings (SSSR count). The zero-order valence-electron chi connectivity index (χ0n) is 15.6. The highest BCUT2D eigenvalue weighted by molar-refractivity contribution is 6.16. The molecule has 0 saturated carbocycles. The molecule has 26 heavy (non-hydrogen) atoms. The molecule has 1 aliphatic rings. The van der Waals surface area contributed by atoms with Gasteiger partial charge in [-0.2, -0.15) is 0 Å². The SMILES string of the molecule is COCCN1C(=O)C(=Cc2cc(OC)ccc2OC)C(C(=O)OC)=C1C. The molecule has 0 bridgehead atoms. The molecule has 7 heteroatoms. The first-order valence-electron chi connectivity index (χ1n) is 8.02. The van der Waals surface area contributed by atoms with Crippen LogP contribution in [0.3, 0.4) is 0 Å². The Morgan fingerprint density at radius 2 is 1.88 bits per heavy atom. The molecule has 1 heterocycles. The summed E-state index contributed by atoms with van der Waals surface area (Å²) in [6.07, 6.45) is 1.62.